The van der Waals surface area contributed by atoms with Crippen LogP contribution in [0.2, 0.25) is 5.02 Å². The normalized spacial score (nSPS) is 13.1. The zero-order valence-electron chi connectivity index (χ0n) is 16.2. The topological polar surface area (TPSA) is 70.5 Å². The fourth-order valence-electron chi connectivity index (χ4n) is 2.99. The Morgan fingerprint density at radius 2 is 1.93 bits per heavy atom. The second-order valence-corrected chi connectivity index (χ2v) is 7.66. The van der Waals surface area contributed by atoms with E-state index in [2.05, 4.69) is 9.97 Å². The first-order chi connectivity index (χ1) is 13.5. The molecule has 1 aromatic carbocycles. The molecule has 3 rings (SSSR count). The van der Waals surface area contributed by atoms with Crippen LogP contribution in [-0.2, 0) is 22.6 Å². The molecule has 1 aliphatic rings. The molecule has 0 saturated heterocycles. The standard InChI is InChI=1S/C20H23ClN2O4S/c1-12-15(13(2)23-20(22-12)28-3)5-6-18(24)27-11-14-9-16(21)19-17(10-14)25-7-4-8-26-19/h9-10H,4-8,11H2,1-3H3. The summed E-state index contributed by atoms with van der Waals surface area (Å²) >= 11 is 7.78. The number of ether oxygens (including phenoxy) is 3. The van der Waals surface area contributed by atoms with E-state index >= 15 is 0 Å². The van der Waals surface area contributed by atoms with Crippen molar-refractivity contribution in [2.75, 3.05) is 19.5 Å². The van der Waals surface area contributed by atoms with Gasteiger partial charge < -0.3 is 14.2 Å². The lowest BCUT2D eigenvalue weighted by atomic mass is 10.1. The summed E-state index contributed by atoms with van der Waals surface area (Å²) < 4.78 is 16.7. The van der Waals surface area contributed by atoms with E-state index in [1.807, 2.05) is 26.2 Å². The number of benzene rings is 1. The molecule has 0 N–H and O–H groups in total. The molecule has 0 unspecified atom stereocenters. The fraction of sp³-hybridized carbons (Fsp3) is 0.450. The number of esters is 1. The molecule has 0 fully saturated rings. The van der Waals surface area contributed by atoms with Crippen molar-refractivity contribution >= 4 is 29.3 Å². The molecule has 8 heteroatoms. The molecule has 0 bridgehead atoms. The summed E-state index contributed by atoms with van der Waals surface area (Å²) in [6.45, 7) is 5.16. The van der Waals surface area contributed by atoms with Crippen molar-refractivity contribution in [1.29, 1.82) is 0 Å². The van der Waals surface area contributed by atoms with Gasteiger partial charge in [0, 0.05) is 24.2 Å². The highest BCUT2D eigenvalue weighted by molar-refractivity contribution is 7.98. The minimum atomic E-state index is -0.282. The lowest BCUT2D eigenvalue weighted by Crippen LogP contribution is -2.09. The van der Waals surface area contributed by atoms with Crippen LogP contribution in [0.5, 0.6) is 11.5 Å². The van der Waals surface area contributed by atoms with Crippen molar-refractivity contribution in [3.05, 3.63) is 39.7 Å². The maximum atomic E-state index is 12.2. The van der Waals surface area contributed by atoms with Crippen molar-refractivity contribution in [2.45, 2.75) is 44.9 Å². The number of carbonyl (C=O) groups excluding carboxylic acids is 1. The maximum Gasteiger partial charge on any atom is 0.306 e. The molecule has 0 amide bonds. The monoisotopic (exact) mass is 422 g/mol. The second kappa shape index (κ2) is 9.47. The number of hydrogen-bond donors (Lipinski definition) is 0. The van der Waals surface area contributed by atoms with Crippen molar-refractivity contribution in [3.63, 3.8) is 0 Å². The van der Waals surface area contributed by atoms with Crippen LogP contribution in [0.3, 0.4) is 0 Å². The molecule has 0 radical (unpaired) electrons. The molecule has 6 nitrogen and oxygen atoms in total. The van der Waals surface area contributed by atoms with Gasteiger partial charge in [0.15, 0.2) is 16.7 Å². The number of carbonyl (C=O) groups is 1. The van der Waals surface area contributed by atoms with E-state index in [1.165, 1.54) is 11.8 Å². The fourth-order valence-corrected chi connectivity index (χ4v) is 3.74. The molecular weight excluding hydrogens is 400 g/mol. The number of fused-ring (bicyclic) bond motifs is 1. The smallest absolute Gasteiger partial charge is 0.306 e. The maximum absolute atomic E-state index is 12.2. The number of thioether (sulfide) groups is 1. The molecule has 0 spiro atoms. The molecule has 1 aliphatic heterocycles. The van der Waals surface area contributed by atoms with Gasteiger partial charge in [0.25, 0.3) is 0 Å². The minimum Gasteiger partial charge on any atom is -0.489 e. The summed E-state index contributed by atoms with van der Waals surface area (Å²) in [7, 11) is 0. The predicted octanol–water partition coefficient (Wildman–Crippen LogP) is 4.31. The van der Waals surface area contributed by atoms with Gasteiger partial charge in [0.2, 0.25) is 0 Å². The van der Waals surface area contributed by atoms with Crippen LogP contribution in [0.4, 0.5) is 0 Å². The lowest BCUT2D eigenvalue weighted by Gasteiger charge is -2.12. The van der Waals surface area contributed by atoms with Gasteiger partial charge in [0.05, 0.1) is 18.2 Å². The van der Waals surface area contributed by atoms with Crippen LogP contribution >= 0.6 is 23.4 Å². The van der Waals surface area contributed by atoms with E-state index in [4.69, 9.17) is 25.8 Å². The zero-order valence-corrected chi connectivity index (χ0v) is 17.8. The quantitative estimate of drug-likeness (QED) is 0.390. The Bertz CT molecular complexity index is 853. The van der Waals surface area contributed by atoms with Crippen LogP contribution in [0.25, 0.3) is 0 Å². The summed E-state index contributed by atoms with van der Waals surface area (Å²) in [5, 5.41) is 1.20. The predicted molar refractivity (Wildman–Crippen MR) is 108 cm³/mol. The van der Waals surface area contributed by atoms with Crippen LogP contribution in [0.15, 0.2) is 17.3 Å². The Balaban J connectivity index is 1.58. The van der Waals surface area contributed by atoms with Gasteiger partial charge in [-0.2, -0.15) is 0 Å². The average molecular weight is 423 g/mol. The number of rotatable bonds is 6. The van der Waals surface area contributed by atoms with E-state index < -0.39 is 0 Å². The SMILES string of the molecule is CSc1nc(C)c(CCC(=O)OCc2cc(Cl)c3c(c2)OCCCO3)c(C)n1. The van der Waals surface area contributed by atoms with Crippen molar-refractivity contribution in [3.8, 4) is 11.5 Å². The third kappa shape index (κ3) is 5.08. The summed E-state index contributed by atoms with van der Waals surface area (Å²) in [6, 6.07) is 3.55. The Kier molecular flexibility index (Phi) is 7.02. The average Bonchev–Trinajstić information content (AvgIpc) is 2.91. The van der Waals surface area contributed by atoms with E-state index in [9.17, 15) is 4.79 Å². The van der Waals surface area contributed by atoms with E-state index in [0.717, 1.165) is 34.1 Å². The first kappa shape index (κ1) is 20.7. The molecule has 28 heavy (non-hydrogen) atoms. The Labute approximate surface area is 173 Å². The Morgan fingerprint density at radius 3 is 2.64 bits per heavy atom. The van der Waals surface area contributed by atoms with Crippen LogP contribution < -0.4 is 9.47 Å². The van der Waals surface area contributed by atoms with Gasteiger partial charge in [-0.05, 0) is 49.8 Å². The highest BCUT2D eigenvalue weighted by atomic mass is 35.5. The Hall–Kier alpha value is -1.99. The number of nitrogens with zero attached hydrogens (tertiary/aromatic N) is 2. The molecule has 0 saturated carbocycles. The molecule has 0 atom stereocenters. The number of aryl methyl sites for hydroxylation is 2. The van der Waals surface area contributed by atoms with E-state index in [0.29, 0.717) is 36.2 Å². The zero-order chi connectivity index (χ0) is 20.1. The molecule has 2 aromatic rings. The van der Waals surface area contributed by atoms with Gasteiger partial charge in [-0.3, -0.25) is 4.79 Å². The highest BCUT2D eigenvalue weighted by Gasteiger charge is 2.17. The van der Waals surface area contributed by atoms with Crippen molar-refractivity contribution in [2.24, 2.45) is 0 Å². The largest absolute Gasteiger partial charge is 0.489 e. The van der Waals surface area contributed by atoms with Gasteiger partial charge >= 0.3 is 5.97 Å². The molecule has 2 heterocycles. The van der Waals surface area contributed by atoms with Crippen LogP contribution in [0.1, 0.15) is 35.4 Å². The molecular formula is C20H23ClN2O4S. The molecule has 0 aliphatic carbocycles. The number of aromatic nitrogens is 2. The van der Waals surface area contributed by atoms with E-state index in [1.54, 1.807) is 6.07 Å². The third-order valence-corrected chi connectivity index (χ3v) is 5.25. The van der Waals surface area contributed by atoms with Gasteiger partial charge in [-0.25, -0.2) is 9.97 Å². The van der Waals surface area contributed by atoms with Crippen molar-refractivity contribution < 1.29 is 19.0 Å². The van der Waals surface area contributed by atoms with E-state index in [-0.39, 0.29) is 19.0 Å². The first-order valence-electron chi connectivity index (χ1n) is 9.09. The second-order valence-electron chi connectivity index (χ2n) is 6.48. The van der Waals surface area contributed by atoms with Crippen LogP contribution in [0, 0.1) is 13.8 Å². The van der Waals surface area contributed by atoms with Gasteiger partial charge in [-0.15, -0.1) is 0 Å². The summed E-state index contributed by atoms with van der Waals surface area (Å²) in [6.07, 6.45) is 3.56. The number of hydrogen-bond acceptors (Lipinski definition) is 7. The summed E-state index contributed by atoms with van der Waals surface area (Å²) in [5.74, 6) is 0.859. The molecule has 150 valence electrons. The highest BCUT2D eigenvalue weighted by Crippen LogP contribution is 2.38. The van der Waals surface area contributed by atoms with Gasteiger partial charge in [0.1, 0.15) is 6.61 Å². The lowest BCUT2D eigenvalue weighted by molar-refractivity contribution is -0.144. The number of halogens is 1. The first-order valence-corrected chi connectivity index (χ1v) is 10.7. The Morgan fingerprint density at radius 1 is 1.21 bits per heavy atom. The minimum absolute atomic E-state index is 0.134. The summed E-state index contributed by atoms with van der Waals surface area (Å²) in [5.41, 5.74) is 3.56. The third-order valence-electron chi connectivity index (χ3n) is 4.42. The van der Waals surface area contributed by atoms with Crippen LogP contribution in [-0.4, -0.2) is 35.4 Å². The summed E-state index contributed by atoms with van der Waals surface area (Å²) in [4.78, 5) is 21.1. The van der Waals surface area contributed by atoms with Crippen molar-refractivity contribution in [1.82, 2.24) is 9.97 Å². The molecule has 1 aromatic heterocycles. The van der Waals surface area contributed by atoms with Gasteiger partial charge in [-0.1, -0.05) is 23.4 Å².